The van der Waals surface area contributed by atoms with Crippen LogP contribution in [0.3, 0.4) is 0 Å². The summed E-state index contributed by atoms with van der Waals surface area (Å²) in [6, 6.07) is -1.50. The van der Waals surface area contributed by atoms with E-state index in [1.54, 1.807) is 0 Å². The first-order valence-corrected chi connectivity index (χ1v) is 20.4. The first kappa shape index (κ1) is 49.6. The van der Waals surface area contributed by atoms with Crippen LogP contribution in [0.4, 0.5) is 0 Å². The number of rotatable bonds is 34. The zero-order chi connectivity index (χ0) is 39.1. The van der Waals surface area contributed by atoms with Crippen LogP contribution in [0.2, 0.25) is 0 Å². The molecule has 0 radical (unpaired) electrons. The molecule has 0 aliphatic carbocycles. The summed E-state index contributed by atoms with van der Waals surface area (Å²) >= 11 is 0. The van der Waals surface area contributed by atoms with Gasteiger partial charge in [0.2, 0.25) is 0 Å². The molecule has 0 fully saturated rings. The largest absolute Gasteiger partial charge is 0.480 e. The Kier molecular flexibility index (Phi) is 34.6. The van der Waals surface area contributed by atoms with E-state index in [1.165, 1.54) is 0 Å². The molecule has 298 valence electrons. The molecule has 11 heteroatoms. The first-order valence-electron chi connectivity index (χ1n) is 18.9. The second kappa shape index (κ2) is 37.0. The van der Waals surface area contributed by atoms with Gasteiger partial charge in [0.1, 0.15) is 12.1 Å². The van der Waals surface area contributed by atoms with Crippen molar-refractivity contribution in [2.24, 2.45) is 5.73 Å². The molecule has 0 saturated heterocycles. The van der Waals surface area contributed by atoms with Gasteiger partial charge in [0.15, 0.2) is 0 Å². The molecular formula is C42H66NO9P. The monoisotopic (exact) mass is 759 g/mol. The van der Waals surface area contributed by atoms with Gasteiger partial charge in [-0.3, -0.25) is 18.6 Å². The summed E-state index contributed by atoms with van der Waals surface area (Å²) in [6.07, 6.45) is 48.9. The van der Waals surface area contributed by atoms with Crippen molar-refractivity contribution in [1.29, 1.82) is 0 Å². The molecule has 0 aliphatic heterocycles. The number of unbranched alkanes of at least 4 members (excludes halogenated alkanes) is 2. The maximum atomic E-state index is 12.6. The quantitative estimate of drug-likeness (QED) is 0.0250. The second-order valence-corrected chi connectivity index (χ2v) is 13.4. The number of aliphatic carboxylic acids is 1. The molecule has 0 aromatic rings. The molecule has 10 nitrogen and oxygen atoms in total. The average Bonchev–Trinajstić information content (AvgIpc) is 3.13. The fraction of sp³-hybridized carbons (Fsp3) is 0.524. The minimum atomic E-state index is -4.65. The number of carbonyl (C=O) groups is 2. The van der Waals surface area contributed by atoms with Gasteiger partial charge in [0, 0.05) is 6.42 Å². The van der Waals surface area contributed by atoms with E-state index in [1.807, 2.05) is 12.2 Å². The summed E-state index contributed by atoms with van der Waals surface area (Å²) in [7, 11) is -4.65. The van der Waals surface area contributed by atoms with Gasteiger partial charge in [-0.15, -0.1) is 0 Å². The number of allylic oxidation sites excluding steroid dienone is 17. The van der Waals surface area contributed by atoms with Crippen molar-refractivity contribution < 1.29 is 42.7 Å². The van der Waals surface area contributed by atoms with Crippen molar-refractivity contribution in [3.63, 3.8) is 0 Å². The van der Waals surface area contributed by atoms with Crippen LogP contribution in [0.1, 0.15) is 104 Å². The topological polar surface area (TPSA) is 155 Å². The van der Waals surface area contributed by atoms with Gasteiger partial charge in [-0.05, 0) is 83.5 Å². The van der Waals surface area contributed by atoms with E-state index in [4.69, 9.17) is 24.8 Å². The number of ether oxygens (including phenoxy) is 2. The van der Waals surface area contributed by atoms with E-state index in [0.29, 0.717) is 19.4 Å². The third kappa shape index (κ3) is 36.8. The highest BCUT2D eigenvalue weighted by atomic mass is 31.2. The number of esters is 1. The molecule has 0 rings (SSSR count). The summed E-state index contributed by atoms with van der Waals surface area (Å²) in [5.74, 6) is -1.87. The lowest BCUT2D eigenvalue weighted by Crippen LogP contribution is -2.34. The van der Waals surface area contributed by atoms with Crippen LogP contribution < -0.4 is 5.73 Å². The molecule has 0 spiro atoms. The number of carboxylic acid groups (broad SMARTS) is 1. The summed E-state index contributed by atoms with van der Waals surface area (Å²) in [6.45, 7) is 3.32. The second-order valence-electron chi connectivity index (χ2n) is 11.9. The standard InChI is InChI=1S/C42H66NO9P/c1-3-5-7-9-11-13-15-17-19-21-23-25-27-29-31-33-35-49-36-39(37-50-53(47,48)51-38-40(43)42(45)46)52-41(44)34-32-30-28-26-24-22-20-18-16-14-12-10-8-6-4-2/h5-8,11-14,17-20,23-26,29,31,39-40H,3-4,9-10,15-16,21-22,27-28,30,32-38,43H2,1-2H3,(H,45,46)(H,47,48)/b7-5-,8-6-,13-11-,14-12-,19-17-,20-18-,25-23-,26-24-,31-29-. The van der Waals surface area contributed by atoms with Crippen LogP contribution in [-0.4, -0.2) is 60.5 Å². The van der Waals surface area contributed by atoms with Gasteiger partial charge in [0.05, 0.1) is 26.4 Å². The van der Waals surface area contributed by atoms with Crippen LogP contribution in [0.15, 0.2) is 109 Å². The summed E-state index contributed by atoms with van der Waals surface area (Å²) in [4.78, 5) is 33.4. The van der Waals surface area contributed by atoms with Crippen molar-refractivity contribution in [3.8, 4) is 0 Å². The van der Waals surface area contributed by atoms with E-state index in [-0.39, 0.29) is 13.0 Å². The van der Waals surface area contributed by atoms with Crippen LogP contribution in [0.5, 0.6) is 0 Å². The number of carboxylic acids is 1. The van der Waals surface area contributed by atoms with Gasteiger partial charge in [0.25, 0.3) is 0 Å². The molecule has 3 atom stereocenters. The van der Waals surface area contributed by atoms with Crippen molar-refractivity contribution in [1.82, 2.24) is 0 Å². The van der Waals surface area contributed by atoms with Gasteiger partial charge >= 0.3 is 19.8 Å². The maximum absolute atomic E-state index is 12.6. The molecule has 0 aromatic heterocycles. The van der Waals surface area contributed by atoms with Gasteiger partial charge in [-0.1, -0.05) is 123 Å². The summed E-state index contributed by atoms with van der Waals surface area (Å²) < 4.78 is 33.0. The van der Waals surface area contributed by atoms with E-state index in [0.717, 1.165) is 70.6 Å². The van der Waals surface area contributed by atoms with Crippen LogP contribution in [0.25, 0.3) is 0 Å². The normalized spacial score (nSPS) is 15.2. The Hall–Kier alpha value is -3.37. The number of nitrogens with two attached hydrogens (primary N) is 1. The van der Waals surface area contributed by atoms with Crippen molar-refractivity contribution in [2.45, 2.75) is 116 Å². The minimum Gasteiger partial charge on any atom is -0.480 e. The molecule has 0 amide bonds. The molecule has 0 heterocycles. The van der Waals surface area contributed by atoms with Crippen molar-refractivity contribution in [2.75, 3.05) is 26.4 Å². The van der Waals surface area contributed by atoms with Crippen LogP contribution in [-0.2, 0) is 32.7 Å². The third-order valence-electron chi connectivity index (χ3n) is 7.07. The molecule has 0 saturated carbocycles. The Morgan fingerprint density at radius 2 is 1.02 bits per heavy atom. The number of phosphoric ester groups is 1. The van der Waals surface area contributed by atoms with Gasteiger partial charge in [-0.25, -0.2) is 4.57 Å². The fourth-order valence-corrected chi connectivity index (χ4v) is 4.96. The third-order valence-corrected chi connectivity index (χ3v) is 8.02. The highest BCUT2D eigenvalue weighted by Crippen LogP contribution is 2.43. The minimum absolute atomic E-state index is 0.0625. The predicted molar refractivity (Wildman–Crippen MR) is 216 cm³/mol. The Morgan fingerprint density at radius 3 is 1.47 bits per heavy atom. The number of phosphoric acid groups is 1. The Labute approximate surface area is 319 Å². The first-order chi connectivity index (χ1) is 25.7. The lowest BCUT2D eigenvalue weighted by molar-refractivity contribution is -0.154. The molecule has 4 N–H and O–H groups in total. The Morgan fingerprint density at radius 1 is 0.604 bits per heavy atom. The molecular weight excluding hydrogens is 693 g/mol. The van der Waals surface area contributed by atoms with Crippen LogP contribution >= 0.6 is 7.82 Å². The lowest BCUT2D eigenvalue weighted by atomic mass is 10.2. The maximum Gasteiger partial charge on any atom is 0.472 e. The summed E-state index contributed by atoms with van der Waals surface area (Å²) in [5.41, 5.74) is 5.33. The lowest BCUT2D eigenvalue weighted by Gasteiger charge is -2.20. The molecule has 53 heavy (non-hydrogen) atoms. The van der Waals surface area contributed by atoms with E-state index >= 15 is 0 Å². The predicted octanol–water partition coefficient (Wildman–Crippen LogP) is 9.97. The zero-order valence-corrected chi connectivity index (χ0v) is 32.9. The zero-order valence-electron chi connectivity index (χ0n) is 32.1. The van der Waals surface area contributed by atoms with E-state index in [9.17, 15) is 19.0 Å². The fourth-order valence-electron chi connectivity index (χ4n) is 4.19. The van der Waals surface area contributed by atoms with Crippen molar-refractivity contribution in [3.05, 3.63) is 109 Å². The Bertz CT molecular complexity index is 1250. The highest BCUT2D eigenvalue weighted by Gasteiger charge is 2.27. The highest BCUT2D eigenvalue weighted by molar-refractivity contribution is 7.47. The van der Waals surface area contributed by atoms with Crippen LogP contribution in [0, 0.1) is 0 Å². The molecule has 3 unspecified atom stereocenters. The smallest absolute Gasteiger partial charge is 0.472 e. The number of hydrogen-bond acceptors (Lipinski definition) is 8. The average molecular weight is 760 g/mol. The van der Waals surface area contributed by atoms with Gasteiger partial charge in [-0.2, -0.15) is 0 Å². The van der Waals surface area contributed by atoms with Gasteiger partial charge < -0.3 is 25.2 Å². The SMILES string of the molecule is CC/C=C\C/C=C\C/C=C\C/C=C\C/C=C\CCOCC(COP(=O)(O)OCC(N)C(=O)O)OC(=O)CCCC/C=C\C/C=C\C/C=C\C/C=C\CC. The van der Waals surface area contributed by atoms with E-state index < -0.39 is 45.1 Å². The Balaban J connectivity index is 4.55. The molecule has 0 bridgehead atoms. The summed E-state index contributed by atoms with van der Waals surface area (Å²) in [5, 5.41) is 8.87. The molecule has 0 aromatic carbocycles. The van der Waals surface area contributed by atoms with E-state index in [2.05, 4.69) is 116 Å². The number of carbonyl (C=O) groups excluding carboxylic acids is 1. The van der Waals surface area contributed by atoms with Crippen molar-refractivity contribution >= 4 is 19.8 Å². The molecule has 0 aliphatic rings. The number of hydrogen-bond donors (Lipinski definition) is 3.